The molecule has 0 aliphatic rings. The topological polar surface area (TPSA) is 55.3 Å². The van der Waals surface area contributed by atoms with E-state index in [2.05, 4.69) is 16.5 Å². The van der Waals surface area contributed by atoms with Crippen LogP contribution in [0.4, 0.5) is 11.6 Å². The number of nitrogens with zero attached hydrogens (tertiary/aromatic N) is 3. The van der Waals surface area contributed by atoms with Gasteiger partial charge in [-0.2, -0.15) is 0 Å². The van der Waals surface area contributed by atoms with Crippen LogP contribution in [0.2, 0.25) is 0 Å². The maximum Gasteiger partial charge on any atom is 0.356 e. The molecule has 5 heteroatoms. The Bertz CT molecular complexity index is 489. The first-order chi connectivity index (χ1) is 8.81. The summed E-state index contributed by atoms with van der Waals surface area (Å²) in [6.07, 6.45) is 4.29. The second-order valence-electron chi connectivity index (χ2n) is 3.28. The van der Waals surface area contributed by atoms with E-state index in [9.17, 15) is 4.79 Å². The van der Waals surface area contributed by atoms with Crippen molar-refractivity contribution in [1.82, 2.24) is 9.97 Å². The molecule has 0 aliphatic carbocycles. The summed E-state index contributed by atoms with van der Waals surface area (Å²) < 4.78 is 0. The Kier molecular flexibility index (Phi) is 3.66. The Hall–Kier alpha value is -2.69. The minimum Gasteiger partial charge on any atom is -0.328 e. The summed E-state index contributed by atoms with van der Waals surface area (Å²) in [5.41, 5.74) is 0. The molecule has 2 aromatic heterocycles. The van der Waals surface area contributed by atoms with Crippen molar-refractivity contribution in [1.29, 1.82) is 0 Å². The third-order valence-corrected chi connectivity index (χ3v) is 2.06. The largest absolute Gasteiger partial charge is 0.356 e. The number of hydrogen-bond donors (Lipinski definition) is 0. The van der Waals surface area contributed by atoms with Crippen molar-refractivity contribution in [2.45, 2.75) is 0 Å². The molecule has 0 aromatic carbocycles. The van der Waals surface area contributed by atoms with E-state index in [1.54, 1.807) is 48.8 Å². The molecule has 0 bridgehead atoms. The lowest BCUT2D eigenvalue weighted by atomic mass is 10.4. The highest BCUT2D eigenvalue weighted by molar-refractivity contribution is 5.82. The molecule has 0 fully saturated rings. The van der Waals surface area contributed by atoms with Crippen molar-refractivity contribution in [3.8, 4) is 0 Å². The molecule has 2 heterocycles. The van der Waals surface area contributed by atoms with E-state index in [1.807, 2.05) is 0 Å². The smallest absolute Gasteiger partial charge is 0.328 e. The zero-order valence-electron chi connectivity index (χ0n) is 9.56. The SMILES string of the molecule is C=CC(=O)ON(c1ccccn1)c1ccccn1. The lowest BCUT2D eigenvalue weighted by Gasteiger charge is -2.19. The predicted molar refractivity (Wildman–Crippen MR) is 66.9 cm³/mol. The van der Waals surface area contributed by atoms with E-state index in [4.69, 9.17) is 4.84 Å². The minimum atomic E-state index is -0.577. The molecule has 18 heavy (non-hydrogen) atoms. The Morgan fingerprint density at radius 3 is 2.06 bits per heavy atom. The van der Waals surface area contributed by atoms with Crippen molar-refractivity contribution in [2.75, 3.05) is 5.06 Å². The number of pyridine rings is 2. The van der Waals surface area contributed by atoms with Gasteiger partial charge in [-0.3, -0.25) is 0 Å². The third-order valence-electron chi connectivity index (χ3n) is 2.06. The van der Waals surface area contributed by atoms with Crippen LogP contribution in [-0.4, -0.2) is 15.9 Å². The van der Waals surface area contributed by atoms with Gasteiger partial charge in [0.2, 0.25) is 0 Å². The van der Waals surface area contributed by atoms with Gasteiger partial charge >= 0.3 is 5.97 Å². The summed E-state index contributed by atoms with van der Waals surface area (Å²) in [6, 6.07) is 10.6. The Labute approximate surface area is 104 Å². The molecule has 0 aliphatic heterocycles. The van der Waals surface area contributed by atoms with Gasteiger partial charge in [-0.15, -0.1) is 5.06 Å². The van der Waals surface area contributed by atoms with Gasteiger partial charge in [-0.05, 0) is 24.3 Å². The number of rotatable bonds is 4. The number of carbonyl (C=O) groups is 1. The number of hydrogen-bond acceptors (Lipinski definition) is 5. The quantitative estimate of drug-likeness (QED) is 0.607. The van der Waals surface area contributed by atoms with Crippen LogP contribution in [0, 0.1) is 0 Å². The summed E-state index contributed by atoms with van der Waals surface area (Å²) in [4.78, 5) is 24.7. The van der Waals surface area contributed by atoms with Gasteiger partial charge in [-0.1, -0.05) is 18.7 Å². The fourth-order valence-corrected chi connectivity index (χ4v) is 1.29. The lowest BCUT2D eigenvalue weighted by Crippen LogP contribution is -2.22. The van der Waals surface area contributed by atoms with Crippen LogP contribution in [0.15, 0.2) is 61.4 Å². The molecule has 0 N–H and O–H groups in total. The van der Waals surface area contributed by atoms with Crippen molar-refractivity contribution in [3.05, 3.63) is 61.4 Å². The summed E-state index contributed by atoms with van der Waals surface area (Å²) in [6.45, 7) is 3.36. The zero-order valence-corrected chi connectivity index (χ0v) is 9.56. The van der Waals surface area contributed by atoms with E-state index in [0.717, 1.165) is 6.08 Å². The van der Waals surface area contributed by atoms with Crippen molar-refractivity contribution in [2.24, 2.45) is 0 Å². The molecule has 0 saturated carbocycles. The summed E-state index contributed by atoms with van der Waals surface area (Å²) in [7, 11) is 0. The fraction of sp³-hybridized carbons (Fsp3) is 0. The number of aromatic nitrogens is 2. The molecule has 2 aromatic rings. The van der Waals surface area contributed by atoms with Gasteiger partial charge in [0, 0.05) is 18.5 Å². The maximum atomic E-state index is 11.3. The summed E-state index contributed by atoms with van der Waals surface area (Å²) >= 11 is 0. The Balaban J connectivity index is 2.35. The van der Waals surface area contributed by atoms with Crippen LogP contribution < -0.4 is 5.06 Å². The normalized spacial score (nSPS) is 9.56. The van der Waals surface area contributed by atoms with Crippen LogP contribution in [0.3, 0.4) is 0 Å². The first-order valence-corrected chi connectivity index (χ1v) is 5.28. The van der Waals surface area contributed by atoms with Gasteiger partial charge in [0.05, 0.1) is 0 Å². The first kappa shape index (κ1) is 11.8. The molecule has 0 spiro atoms. The molecule has 90 valence electrons. The maximum absolute atomic E-state index is 11.3. The molecule has 0 saturated heterocycles. The molecule has 0 atom stereocenters. The second-order valence-corrected chi connectivity index (χ2v) is 3.28. The van der Waals surface area contributed by atoms with Crippen LogP contribution in [0.25, 0.3) is 0 Å². The van der Waals surface area contributed by atoms with Crippen LogP contribution in [0.5, 0.6) is 0 Å². The average molecular weight is 241 g/mol. The van der Waals surface area contributed by atoms with Crippen molar-refractivity contribution in [3.63, 3.8) is 0 Å². The highest BCUT2D eigenvalue weighted by Gasteiger charge is 2.15. The van der Waals surface area contributed by atoms with Crippen molar-refractivity contribution >= 4 is 17.6 Å². The minimum absolute atomic E-state index is 0.464. The van der Waals surface area contributed by atoms with Gasteiger partial charge in [0.15, 0.2) is 11.6 Å². The van der Waals surface area contributed by atoms with Gasteiger partial charge in [0.1, 0.15) is 0 Å². The number of carbonyl (C=O) groups excluding carboxylic acids is 1. The van der Waals surface area contributed by atoms with E-state index in [0.29, 0.717) is 11.6 Å². The second kappa shape index (κ2) is 5.58. The lowest BCUT2D eigenvalue weighted by molar-refractivity contribution is -0.138. The third kappa shape index (κ3) is 2.70. The number of anilines is 2. The molecule has 2 rings (SSSR count). The van der Waals surface area contributed by atoms with Gasteiger partial charge < -0.3 is 4.84 Å². The van der Waals surface area contributed by atoms with Crippen LogP contribution >= 0.6 is 0 Å². The van der Waals surface area contributed by atoms with Crippen LogP contribution in [-0.2, 0) is 9.63 Å². The van der Waals surface area contributed by atoms with Crippen LogP contribution in [0.1, 0.15) is 0 Å². The highest BCUT2D eigenvalue weighted by atomic mass is 16.7. The monoisotopic (exact) mass is 241 g/mol. The van der Waals surface area contributed by atoms with E-state index in [-0.39, 0.29) is 0 Å². The first-order valence-electron chi connectivity index (χ1n) is 5.28. The molecular formula is C13H11N3O2. The average Bonchev–Trinajstić information content (AvgIpc) is 2.46. The van der Waals surface area contributed by atoms with E-state index in [1.165, 1.54) is 5.06 Å². The van der Waals surface area contributed by atoms with Crippen molar-refractivity contribution < 1.29 is 9.63 Å². The molecule has 5 nitrogen and oxygen atoms in total. The Morgan fingerprint density at radius 1 is 1.11 bits per heavy atom. The molecule has 0 unspecified atom stereocenters. The summed E-state index contributed by atoms with van der Waals surface area (Å²) in [5, 5.41) is 1.25. The molecular weight excluding hydrogens is 230 g/mol. The van der Waals surface area contributed by atoms with E-state index >= 15 is 0 Å². The van der Waals surface area contributed by atoms with Gasteiger partial charge in [0.25, 0.3) is 0 Å². The highest BCUT2D eigenvalue weighted by Crippen LogP contribution is 2.20. The standard InChI is InChI=1S/C13H11N3O2/c1-2-13(17)18-16(11-7-3-5-9-14-11)12-8-4-6-10-15-12/h2-10H,1H2. The van der Waals surface area contributed by atoms with E-state index < -0.39 is 5.97 Å². The fourth-order valence-electron chi connectivity index (χ4n) is 1.29. The zero-order chi connectivity index (χ0) is 12.8. The van der Waals surface area contributed by atoms with Gasteiger partial charge in [-0.25, -0.2) is 14.8 Å². The Morgan fingerprint density at radius 2 is 1.67 bits per heavy atom. The summed E-state index contributed by atoms with van der Waals surface area (Å²) in [5.74, 6) is 0.351. The molecule has 0 amide bonds. The molecule has 0 radical (unpaired) electrons. The predicted octanol–water partition coefficient (Wildman–Crippen LogP) is 2.26.